The van der Waals surface area contributed by atoms with Crippen molar-refractivity contribution < 1.29 is 0 Å². The fourth-order valence-electron chi connectivity index (χ4n) is 2.27. The van der Waals surface area contributed by atoms with Crippen molar-refractivity contribution in [3.8, 4) is 17.3 Å². The lowest BCUT2D eigenvalue weighted by Gasteiger charge is -2.00. The molecule has 0 aliphatic carbocycles. The van der Waals surface area contributed by atoms with E-state index in [0.29, 0.717) is 12.1 Å². The first-order chi connectivity index (χ1) is 11.2. The average Bonchev–Trinajstić information content (AvgIpc) is 3.05. The topological polar surface area (TPSA) is 54.5 Å². The number of hydrogen-bond donors (Lipinski definition) is 0. The molecular formula is C19H16N4. The van der Waals surface area contributed by atoms with Crippen molar-refractivity contribution in [2.75, 3.05) is 0 Å². The van der Waals surface area contributed by atoms with E-state index in [-0.39, 0.29) is 0 Å². The molecule has 0 radical (unpaired) electrons. The summed E-state index contributed by atoms with van der Waals surface area (Å²) < 4.78 is 1.69. The number of rotatable bonds is 4. The van der Waals surface area contributed by atoms with Crippen LogP contribution in [0.4, 0.5) is 0 Å². The third kappa shape index (κ3) is 3.72. The van der Waals surface area contributed by atoms with Gasteiger partial charge in [0.15, 0.2) is 0 Å². The van der Waals surface area contributed by atoms with Gasteiger partial charge in [0.1, 0.15) is 5.69 Å². The third-order valence-corrected chi connectivity index (χ3v) is 3.50. The maximum atomic E-state index is 9.35. The van der Waals surface area contributed by atoms with Crippen molar-refractivity contribution in [2.24, 2.45) is 0 Å². The van der Waals surface area contributed by atoms with Crippen LogP contribution in [0.3, 0.4) is 0 Å². The molecule has 0 bridgehead atoms. The smallest absolute Gasteiger partial charge is 0.113 e. The number of aromatic nitrogens is 3. The van der Waals surface area contributed by atoms with Crippen molar-refractivity contribution >= 4 is 6.08 Å². The fraction of sp³-hybridized carbons (Fsp3) is 0.105. The van der Waals surface area contributed by atoms with Crippen LogP contribution in [0.1, 0.15) is 11.1 Å². The molecule has 3 aromatic rings. The van der Waals surface area contributed by atoms with E-state index in [0.717, 1.165) is 16.8 Å². The largest absolute Gasteiger partial charge is 0.247 e. The van der Waals surface area contributed by atoms with Crippen LogP contribution < -0.4 is 0 Å². The molecule has 4 heteroatoms. The summed E-state index contributed by atoms with van der Waals surface area (Å²) in [5.74, 6) is 0. The Bertz CT molecular complexity index is 852. The van der Waals surface area contributed by atoms with Gasteiger partial charge in [-0.3, -0.25) is 0 Å². The Morgan fingerprint density at radius 3 is 2.57 bits per heavy atom. The molecule has 4 nitrogen and oxygen atoms in total. The van der Waals surface area contributed by atoms with Gasteiger partial charge in [0, 0.05) is 5.56 Å². The number of allylic oxidation sites excluding steroid dienone is 1. The number of nitriles is 1. The molecule has 1 aromatic heterocycles. The Balaban J connectivity index is 1.79. The van der Waals surface area contributed by atoms with E-state index in [1.165, 1.54) is 5.56 Å². The number of aryl methyl sites for hydroxylation is 1. The number of nitrogens with zero attached hydrogens (tertiary/aromatic N) is 4. The van der Waals surface area contributed by atoms with Gasteiger partial charge in [0.25, 0.3) is 0 Å². The maximum Gasteiger partial charge on any atom is 0.113 e. The summed E-state index contributed by atoms with van der Waals surface area (Å²) in [4.78, 5) is 0. The zero-order chi connectivity index (χ0) is 16.1. The zero-order valence-electron chi connectivity index (χ0n) is 12.8. The van der Waals surface area contributed by atoms with Gasteiger partial charge in [-0.05, 0) is 18.6 Å². The van der Waals surface area contributed by atoms with Gasteiger partial charge >= 0.3 is 0 Å². The minimum Gasteiger partial charge on any atom is -0.247 e. The fourth-order valence-corrected chi connectivity index (χ4v) is 2.27. The van der Waals surface area contributed by atoms with E-state index < -0.39 is 0 Å². The van der Waals surface area contributed by atoms with Crippen molar-refractivity contribution in [2.45, 2.75) is 13.5 Å². The molecule has 0 N–H and O–H groups in total. The highest BCUT2D eigenvalue weighted by atomic mass is 15.4. The van der Waals surface area contributed by atoms with E-state index in [2.05, 4.69) is 16.4 Å². The molecule has 23 heavy (non-hydrogen) atoms. The van der Waals surface area contributed by atoms with E-state index >= 15 is 0 Å². The lowest BCUT2D eigenvalue weighted by molar-refractivity contribution is 0.652. The normalized spacial score (nSPS) is 11.2. The summed E-state index contributed by atoms with van der Waals surface area (Å²) >= 11 is 0. The van der Waals surface area contributed by atoms with Crippen molar-refractivity contribution in [1.29, 1.82) is 5.26 Å². The summed E-state index contributed by atoms with van der Waals surface area (Å²) in [6.45, 7) is 2.45. The molecule has 0 saturated heterocycles. The summed E-state index contributed by atoms with van der Waals surface area (Å²) in [5.41, 5.74) is 4.66. The minimum atomic E-state index is 0.407. The van der Waals surface area contributed by atoms with E-state index in [1.54, 1.807) is 4.68 Å². The van der Waals surface area contributed by atoms with Gasteiger partial charge in [-0.15, -0.1) is 5.10 Å². The summed E-state index contributed by atoms with van der Waals surface area (Å²) in [6.07, 6.45) is 3.74. The molecule has 0 aliphatic heterocycles. The second-order valence-corrected chi connectivity index (χ2v) is 5.36. The molecule has 0 saturated carbocycles. The molecule has 0 atom stereocenters. The van der Waals surface area contributed by atoms with Crippen molar-refractivity contribution in [3.05, 3.63) is 77.5 Å². The first-order valence-corrected chi connectivity index (χ1v) is 7.37. The van der Waals surface area contributed by atoms with Gasteiger partial charge in [-0.25, -0.2) is 4.68 Å². The highest BCUT2D eigenvalue weighted by molar-refractivity contribution is 5.58. The zero-order valence-corrected chi connectivity index (χ0v) is 12.8. The van der Waals surface area contributed by atoms with Crippen LogP contribution in [0.25, 0.3) is 17.3 Å². The van der Waals surface area contributed by atoms with Crippen molar-refractivity contribution in [3.63, 3.8) is 0 Å². The van der Waals surface area contributed by atoms with E-state index in [9.17, 15) is 5.26 Å². The second kappa shape index (κ2) is 6.71. The average molecular weight is 300 g/mol. The lowest BCUT2D eigenvalue weighted by atomic mass is 10.1. The molecule has 0 aliphatic rings. The Labute approximate surface area is 135 Å². The van der Waals surface area contributed by atoms with Crippen LogP contribution in [0, 0.1) is 18.3 Å². The molecule has 3 rings (SSSR count). The molecule has 0 unspecified atom stereocenters. The molecule has 0 fully saturated rings. The quantitative estimate of drug-likeness (QED) is 0.687. The lowest BCUT2D eigenvalue weighted by Crippen LogP contribution is -2.00. The van der Waals surface area contributed by atoms with Gasteiger partial charge in [-0.2, -0.15) is 5.26 Å². The van der Waals surface area contributed by atoms with Gasteiger partial charge in [0.2, 0.25) is 0 Å². The highest BCUT2D eigenvalue weighted by Crippen LogP contribution is 2.16. The molecule has 112 valence electrons. The second-order valence-electron chi connectivity index (χ2n) is 5.36. The highest BCUT2D eigenvalue weighted by Gasteiger charge is 2.05. The van der Waals surface area contributed by atoms with Crippen LogP contribution in [0.15, 0.2) is 66.4 Å². The summed E-state index contributed by atoms with van der Waals surface area (Å²) in [6, 6.07) is 20.2. The van der Waals surface area contributed by atoms with E-state index in [4.69, 9.17) is 0 Å². The van der Waals surface area contributed by atoms with Gasteiger partial charge in [0.05, 0.1) is 24.4 Å². The Morgan fingerprint density at radius 2 is 1.87 bits per heavy atom. The first kappa shape index (κ1) is 14.7. The third-order valence-electron chi connectivity index (χ3n) is 3.50. The standard InChI is InChI=1S/C19H16N4/c1-15-7-9-16(10-8-15)11-17(12-20)13-23-14-19(21-22-23)18-5-3-2-4-6-18/h2-11,14H,13H2,1H3/b17-11+. The first-order valence-electron chi connectivity index (χ1n) is 7.37. The van der Waals surface area contributed by atoms with E-state index in [1.807, 2.05) is 73.8 Å². The van der Waals surface area contributed by atoms with Gasteiger partial charge in [-0.1, -0.05) is 65.4 Å². The summed E-state index contributed by atoms with van der Waals surface area (Å²) in [7, 11) is 0. The van der Waals surface area contributed by atoms with Crippen LogP contribution >= 0.6 is 0 Å². The molecule has 2 aromatic carbocycles. The van der Waals surface area contributed by atoms with Crippen LogP contribution in [-0.2, 0) is 6.54 Å². The predicted octanol–water partition coefficient (Wildman–Crippen LogP) is 3.86. The Hall–Kier alpha value is -3.19. The minimum absolute atomic E-state index is 0.407. The molecular weight excluding hydrogens is 284 g/mol. The Kier molecular flexibility index (Phi) is 4.30. The molecule has 1 heterocycles. The number of benzene rings is 2. The summed E-state index contributed by atoms with van der Waals surface area (Å²) in [5, 5.41) is 17.6. The molecule has 0 spiro atoms. The van der Waals surface area contributed by atoms with Crippen LogP contribution in [0.5, 0.6) is 0 Å². The SMILES string of the molecule is Cc1ccc(/C=C(\C#N)Cn2cc(-c3ccccc3)nn2)cc1. The van der Waals surface area contributed by atoms with Crippen LogP contribution in [-0.4, -0.2) is 15.0 Å². The Morgan fingerprint density at radius 1 is 1.13 bits per heavy atom. The monoisotopic (exact) mass is 300 g/mol. The van der Waals surface area contributed by atoms with Crippen molar-refractivity contribution in [1.82, 2.24) is 15.0 Å². The number of hydrogen-bond acceptors (Lipinski definition) is 3. The maximum absolute atomic E-state index is 9.35. The predicted molar refractivity (Wildman–Crippen MR) is 90.2 cm³/mol. The molecule has 0 amide bonds. The van der Waals surface area contributed by atoms with Crippen LogP contribution in [0.2, 0.25) is 0 Å². The van der Waals surface area contributed by atoms with Gasteiger partial charge < -0.3 is 0 Å².